The highest BCUT2D eigenvalue weighted by Crippen LogP contribution is 2.20. The minimum absolute atomic E-state index is 0.626. The van der Waals surface area contributed by atoms with Gasteiger partial charge in [0.2, 0.25) is 0 Å². The van der Waals surface area contributed by atoms with E-state index >= 15 is 0 Å². The molecule has 1 N–H and O–H groups in total. The van der Waals surface area contributed by atoms with Gasteiger partial charge >= 0.3 is 0 Å². The Morgan fingerprint density at radius 2 is 1.83 bits per heavy atom. The van der Waals surface area contributed by atoms with Crippen LogP contribution in [0.25, 0.3) is 0 Å². The summed E-state index contributed by atoms with van der Waals surface area (Å²) in [6.07, 6.45) is 0. The molecular weight excluding hydrogens is 289 g/mol. The SMILES string of the molecule is Clc1ccc(OCCNCc2ccc(Cl)s2)cc1. The zero-order chi connectivity index (χ0) is 12.8. The van der Waals surface area contributed by atoms with Crippen molar-refractivity contribution in [1.29, 1.82) is 0 Å². The van der Waals surface area contributed by atoms with Crippen LogP contribution in [-0.2, 0) is 6.54 Å². The van der Waals surface area contributed by atoms with Crippen LogP contribution in [0.4, 0.5) is 0 Å². The summed E-state index contributed by atoms with van der Waals surface area (Å²) in [7, 11) is 0. The molecule has 0 bridgehead atoms. The third-order valence-corrected chi connectivity index (χ3v) is 3.77. The molecule has 1 aromatic carbocycles. The van der Waals surface area contributed by atoms with Crippen molar-refractivity contribution in [2.75, 3.05) is 13.2 Å². The fraction of sp³-hybridized carbons (Fsp3) is 0.231. The van der Waals surface area contributed by atoms with Gasteiger partial charge in [-0.2, -0.15) is 0 Å². The highest BCUT2D eigenvalue weighted by Gasteiger charge is 1.97. The van der Waals surface area contributed by atoms with Gasteiger partial charge in [0.1, 0.15) is 12.4 Å². The lowest BCUT2D eigenvalue weighted by Crippen LogP contribution is -2.20. The maximum Gasteiger partial charge on any atom is 0.119 e. The fourth-order valence-corrected chi connectivity index (χ4v) is 2.61. The third-order valence-electron chi connectivity index (χ3n) is 2.29. The summed E-state index contributed by atoms with van der Waals surface area (Å²) in [6, 6.07) is 11.3. The Balaban J connectivity index is 1.63. The van der Waals surface area contributed by atoms with Crippen LogP contribution in [0.5, 0.6) is 5.75 Å². The highest BCUT2D eigenvalue weighted by atomic mass is 35.5. The van der Waals surface area contributed by atoms with Gasteiger partial charge < -0.3 is 10.1 Å². The van der Waals surface area contributed by atoms with Gasteiger partial charge in [-0.1, -0.05) is 23.2 Å². The van der Waals surface area contributed by atoms with Crippen molar-refractivity contribution < 1.29 is 4.74 Å². The lowest BCUT2D eigenvalue weighted by molar-refractivity contribution is 0.314. The summed E-state index contributed by atoms with van der Waals surface area (Å²) < 4.78 is 6.38. The summed E-state index contributed by atoms with van der Waals surface area (Å²) in [5, 5.41) is 4.01. The first-order chi connectivity index (χ1) is 8.74. The Hall–Kier alpha value is -0.740. The van der Waals surface area contributed by atoms with E-state index in [2.05, 4.69) is 5.32 Å². The minimum atomic E-state index is 0.626. The van der Waals surface area contributed by atoms with Crippen LogP contribution in [0.1, 0.15) is 4.88 Å². The number of halogens is 2. The standard InChI is InChI=1S/C13H13Cl2NOS/c14-10-1-3-11(4-2-10)17-8-7-16-9-12-5-6-13(15)18-12/h1-6,16H,7-9H2. The number of hydrogen-bond donors (Lipinski definition) is 1. The second-order valence-electron chi connectivity index (χ2n) is 3.68. The molecule has 0 aliphatic heterocycles. The molecule has 0 unspecified atom stereocenters. The maximum atomic E-state index is 5.85. The van der Waals surface area contributed by atoms with Crippen LogP contribution in [0.3, 0.4) is 0 Å². The molecule has 2 aromatic rings. The molecule has 0 aliphatic carbocycles. The first kappa shape index (κ1) is 13.7. The van der Waals surface area contributed by atoms with Crippen molar-refractivity contribution in [1.82, 2.24) is 5.32 Å². The topological polar surface area (TPSA) is 21.3 Å². The Morgan fingerprint density at radius 3 is 2.50 bits per heavy atom. The Kier molecular flexibility index (Phi) is 5.32. The van der Waals surface area contributed by atoms with E-state index in [9.17, 15) is 0 Å². The Bertz CT molecular complexity index is 484. The van der Waals surface area contributed by atoms with Crippen LogP contribution in [0.15, 0.2) is 36.4 Å². The van der Waals surface area contributed by atoms with E-state index in [0.29, 0.717) is 6.61 Å². The first-order valence-corrected chi connectivity index (χ1v) is 7.14. The third kappa shape index (κ3) is 4.50. The van der Waals surface area contributed by atoms with Crippen molar-refractivity contribution in [3.8, 4) is 5.75 Å². The monoisotopic (exact) mass is 301 g/mol. The van der Waals surface area contributed by atoms with Gasteiger partial charge in [0.15, 0.2) is 0 Å². The second-order valence-corrected chi connectivity index (χ2v) is 5.92. The molecule has 0 saturated carbocycles. The summed E-state index contributed by atoms with van der Waals surface area (Å²) in [5.74, 6) is 0.834. The summed E-state index contributed by atoms with van der Waals surface area (Å²) in [4.78, 5) is 1.23. The summed E-state index contributed by atoms with van der Waals surface area (Å²) in [6.45, 7) is 2.24. The molecule has 2 nitrogen and oxygen atoms in total. The molecule has 1 aromatic heterocycles. The average Bonchev–Trinajstić information content (AvgIpc) is 2.77. The van der Waals surface area contributed by atoms with E-state index in [4.69, 9.17) is 27.9 Å². The van der Waals surface area contributed by atoms with Crippen molar-refractivity contribution in [2.24, 2.45) is 0 Å². The second kappa shape index (κ2) is 7.00. The number of thiophene rings is 1. The van der Waals surface area contributed by atoms with Gasteiger partial charge in [0.05, 0.1) is 4.34 Å². The lowest BCUT2D eigenvalue weighted by atomic mass is 10.3. The number of rotatable bonds is 6. The molecule has 2 rings (SSSR count). The zero-order valence-corrected chi connectivity index (χ0v) is 12.0. The first-order valence-electron chi connectivity index (χ1n) is 5.57. The number of nitrogens with one attached hydrogen (secondary N) is 1. The molecule has 96 valence electrons. The van der Waals surface area contributed by atoms with Gasteiger partial charge in [-0.15, -0.1) is 11.3 Å². The van der Waals surface area contributed by atoms with Crippen LogP contribution >= 0.6 is 34.5 Å². The van der Waals surface area contributed by atoms with Crippen molar-refractivity contribution in [3.63, 3.8) is 0 Å². The van der Waals surface area contributed by atoms with E-state index in [-0.39, 0.29) is 0 Å². The summed E-state index contributed by atoms with van der Waals surface area (Å²) in [5.41, 5.74) is 0. The van der Waals surface area contributed by atoms with Gasteiger partial charge in [0, 0.05) is 23.0 Å². The van der Waals surface area contributed by atoms with E-state index in [1.807, 2.05) is 36.4 Å². The number of benzene rings is 1. The largest absolute Gasteiger partial charge is 0.492 e. The minimum Gasteiger partial charge on any atom is -0.492 e. The normalized spacial score (nSPS) is 10.6. The molecule has 5 heteroatoms. The van der Waals surface area contributed by atoms with Crippen LogP contribution in [-0.4, -0.2) is 13.2 Å². The fourth-order valence-electron chi connectivity index (χ4n) is 1.43. The predicted octanol–water partition coefficient (Wildman–Crippen LogP) is 4.22. The molecule has 0 saturated heterocycles. The van der Waals surface area contributed by atoms with Gasteiger partial charge in [-0.05, 0) is 36.4 Å². The molecule has 1 heterocycles. The number of hydrogen-bond acceptors (Lipinski definition) is 3. The quantitative estimate of drug-likeness (QED) is 0.807. The van der Waals surface area contributed by atoms with Crippen LogP contribution < -0.4 is 10.1 Å². The van der Waals surface area contributed by atoms with Gasteiger partial charge in [-0.3, -0.25) is 0 Å². The van der Waals surface area contributed by atoms with E-state index in [0.717, 1.165) is 28.2 Å². The van der Waals surface area contributed by atoms with E-state index in [1.54, 1.807) is 11.3 Å². The smallest absolute Gasteiger partial charge is 0.119 e. The van der Waals surface area contributed by atoms with Crippen LogP contribution in [0, 0.1) is 0 Å². The van der Waals surface area contributed by atoms with E-state index < -0.39 is 0 Å². The maximum absolute atomic E-state index is 5.85. The number of ether oxygens (including phenoxy) is 1. The Labute approximate surface area is 120 Å². The van der Waals surface area contributed by atoms with Gasteiger partial charge in [-0.25, -0.2) is 0 Å². The van der Waals surface area contributed by atoms with Crippen molar-refractivity contribution >= 4 is 34.5 Å². The van der Waals surface area contributed by atoms with E-state index in [1.165, 1.54) is 4.88 Å². The van der Waals surface area contributed by atoms with Crippen molar-refractivity contribution in [2.45, 2.75) is 6.54 Å². The lowest BCUT2D eigenvalue weighted by Gasteiger charge is -2.06. The molecular formula is C13H13Cl2NOS. The molecule has 0 atom stereocenters. The van der Waals surface area contributed by atoms with Crippen LogP contribution in [0.2, 0.25) is 9.36 Å². The molecule has 0 fully saturated rings. The van der Waals surface area contributed by atoms with Gasteiger partial charge in [0.25, 0.3) is 0 Å². The zero-order valence-electron chi connectivity index (χ0n) is 9.66. The average molecular weight is 302 g/mol. The molecule has 18 heavy (non-hydrogen) atoms. The van der Waals surface area contributed by atoms with Crippen molar-refractivity contribution in [3.05, 3.63) is 50.6 Å². The molecule has 0 spiro atoms. The summed E-state index contributed by atoms with van der Waals surface area (Å²) >= 11 is 13.2. The predicted molar refractivity (Wildman–Crippen MR) is 78.0 cm³/mol. The Morgan fingerprint density at radius 1 is 1.06 bits per heavy atom. The highest BCUT2D eigenvalue weighted by molar-refractivity contribution is 7.16. The molecule has 0 aliphatic rings. The molecule has 0 radical (unpaired) electrons. The molecule has 0 amide bonds.